The molecule has 1 heterocycles. The molecule has 2 aliphatic rings. The van der Waals surface area contributed by atoms with Crippen molar-refractivity contribution in [3.63, 3.8) is 0 Å². The molecular weight excluding hydrogens is 258 g/mol. The van der Waals surface area contributed by atoms with Gasteiger partial charge in [-0.05, 0) is 64.0 Å². The molecule has 1 N–H and O–H groups in total. The predicted molar refractivity (Wildman–Crippen MR) is 88.3 cm³/mol. The molecule has 3 nitrogen and oxygen atoms in total. The first-order chi connectivity index (χ1) is 10.2. The van der Waals surface area contributed by atoms with Crippen molar-refractivity contribution in [1.29, 1.82) is 0 Å². The minimum Gasteiger partial charge on any atom is -0.310 e. The van der Waals surface area contributed by atoms with E-state index in [0.29, 0.717) is 0 Å². The molecule has 1 saturated heterocycles. The average molecular weight is 287 g/mol. The summed E-state index contributed by atoms with van der Waals surface area (Å²) in [5, 5.41) is 3.60. The van der Waals surface area contributed by atoms with Gasteiger partial charge in [-0.15, -0.1) is 0 Å². The van der Waals surface area contributed by atoms with Gasteiger partial charge in [-0.25, -0.2) is 0 Å². The number of benzene rings is 1. The lowest BCUT2D eigenvalue weighted by Crippen LogP contribution is -2.41. The van der Waals surface area contributed by atoms with Crippen molar-refractivity contribution in [2.45, 2.75) is 50.9 Å². The number of hydrogen-bond donors (Lipinski definition) is 1. The van der Waals surface area contributed by atoms with Crippen molar-refractivity contribution in [2.75, 3.05) is 27.2 Å². The summed E-state index contributed by atoms with van der Waals surface area (Å²) in [7, 11) is 4.41. The van der Waals surface area contributed by atoms with Crippen LogP contribution < -0.4 is 5.32 Å². The highest BCUT2D eigenvalue weighted by molar-refractivity contribution is 5.23. The molecule has 1 saturated carbocycles. The van der Waals surface area contributed by atoms with Gasteiger partial charge >= 0.3 is 0 Å². The first kappa shape index (κ1) is 15.0. The topological polar surface area (TPSA) is 18.5 Å². The highest BCUT2D eigenvalue weighted by Gasteiger charge is 2.21. The largest absolute Gasteiger partial charge is 0.310 e. The molecule has 1 aromatic rings. The van der Waals surface area contributed by atoms with Crippen LogP contribution in [0.4, 0.5) is 0 Å². The van der Waals surface area contributed by atoms with Crippen LogP contribution in [0.25, 0.3) is 0 Å². The molecule has 0 atom stereocenters. The second-order valence-corrected chi connectivity index (χ2v) is 6.95. The Morgan fingerprint density at radius 3 is 2.48 bits per heavy atom. The van der Waals surface area contributed by atoms with Crippen LogP contribution in [0.3, 0.4) is 0 Å². The Bertz CT molecular complexity index is 446. The Morgan fingerprint density at radius 2 is 1.81 bits per heavy atom. The first-order valence-corrected chi connectivity index (χ1v) is 8.41. The van der Waals surface area contributed by atoms with Crippen LogP contribution in [0.5, 0.6) is 0 Å². The zero-order valence-electron chi connectivity index (χ0n) is 13.5. The zero-order chi connectivity index (χ0) is 14.7. The van der Waals surface area contributed by atoms with E-state index in [4.69, 9.17) is 0 Å². The quantitative estimate of drug-likeness (QED) is 0.867. The zero-order valence-corrected chi connectivity index (χ0v) is 13.5. The summed E-state index contributed by atoms with van der Waals surface area (Å²) in [5.74, 6) is 0. The van der Waals surface area contributed by atoms with Crippen LogP contribution in [0.1, 0.15) is 36.8 Å². The van der Waals surface area contributed by atoms with Crippen molar-refractivity contribution in [2.24, 2.45) is 0 Å². The van der Waals surface area contributed by atoms with E-state index < -0.39 is 0 Å². The molecule has 0 radical (unpaired) electrons. The van der Waals surface area contributed by atoms with Gasteiger partial charge in [0, 0.05) is 25.2 Å². The van der Waals surface area contributed by atoms with Gasteiger partial charge < -0.3 is 10.2 Å². The monoisotopic (exact) mass is 287 g/mol. The van der Waals surface area contributed by atoms with Gasteiger partial charge in [-0.3, -0.25) is 4.90 Å². The third-order valence-corrected chi connectivity index (χ3v) is 4.86. The normalized spacial score (nSPS) is 21.1. The molecule has 0 amide bonds. The van der Waals surface area contributed by atoms with Gasteiger partial charge in [0.05, 0.1) is 0 Å². The van der Waals surface area contributed by atoms with E-state index in [1.807, 2.05) is 0 Å². The summed E-state index contributed by atoms with van der Waals surface area (Å²) < 4.78 is 0. The molecule has 0 aromatic heterocycles. The number of piperidine rings is 1. The highest BCUT2D eigenvalue weighted by atomic mass is 15.2. The molecule has 0 bridgehead atoms. The minimum atomic E-state index is 0.773. The van der Waals surface area contributed by atoms with E-state index in [1.165, 1.54) is 49.9 Å². The van der Waals surface area contributed by atoms with Crippen molar-refractivity contribution in [3.05, 3.63) is 35.4 Å². The molecule has 1 aromatic carbocycles. The molecule has 1 aliphatic heterocycles. The minimum absolute atomic E-state index is 0.773. The summed E-state index contributed by atoms with van der Waals surface area (Å²) in [5.41, 5.74) is 2.90. The van der Waals surface area contributed by atoms with E-state index in [-0.39, 0.29) is 0 Å². The summed E-state index contributed by atoms with van der Waals surface area (Å²) in [6.07, 6.45) is 5.33. The van der Waals surface area contributed by atoms with E-state index in [2.05, 4.69) is 53.5 Å². The summed E-state index contributed by atoms with van der Waals surface area (Å²) in [6, 6.07) is 10.7. The number of nitrogens with zero attached hydrogens (tertiary/aromatic N) is 2. The van der Waals surface area contributed by atoms with Crippen LogP contribution >= 0.6 is 0 Å². The first-order valence-electron chi connectivity index (χ1n) is 8.41. The van der Waals surface area contributed by atoms with Crippen LogP contribution in [-0.2, 0) is 13.1 Å². The Hall–Kier alpha value is -0.900. The van der Waals surface area contributed by atoms with Crippen LogP contribution in [0, 0.1) is 0 Å². The number of hydrogen-bond acceptors (Lipinski definition) is 3. The van der Waals surface area contributed by atoms with E-state index in [9.17, 15) is 0 Å². The Morgan fingerprint density at radius 1 is 1.10 bits per heavy atom. The molecular formula is C18H29N3. The van der Waals surface area contributed by atoms with Crippen molar-refractivity contribution >= 4 is 0 Å². The average Bonchev–Trinajstić information content (AvgIpc) is 3.30. The summed E-state index contributed by atoms with van der Waals surface area (Å²) in [4.78, 5) is 4.98. The molecule has 2 fully saturated rings. The maximum Gasteiger partial charge on any atom is 0.0233 e. The maximum absolute atomic E-state index is 3.60. The Balaban J connectivity index is 1.49. The van der Waals surface area contributed by atoms with Gasteiger partial charge in [0.1, 0.15) is 0 Å². The van der Waals surface area contributed by atoms with Crippen molar-refractivity contribution in [3.8, 4) is 0 Å². The molecule has 116 valence electrons. The summed E-state index contributed by atoms with van der Waals surface area (Å²) >= 11 is 0. The van der Waals surface area contributed by atoms with E-state index in [0.717, 1.165) is 25.2 Å². The lowest BCUT2D eigenvalue weighted by molar-refractivity contribution is 0.140. The lowest BCUT2D eigenvalue weighted by atomic mass is 10.0. The van der Waals surface area contributed by atoms with Gasteiger partial charge in [0.2, 0.25) is 0 Å². The Kier molecular flexibility index (Phi) is 4.94. The van der Waals surface area contributed by atoms with Crippen LogP contribution in [-0.4, -0.2) is 49.1 Å². The maximum atomic E-state index is 3.60. The molecule has 21 heavy (non-hydrogen) atoms. The van der Waals surface area contributed by atoms with Crippen molar-refractivity contribution < 1.29 is 0 Å². The standard InChI is InChI=1S/C18H29N3/c1-20(2)18-8-10-21(11-9-18)14-16-5-3-4-15(12-16)13-19-17-6-7-17/h3-5,12,17-19H,6-11,13-14H2,1-2H3. The third-order valence-electron chi connectivity index (χ3n) is 4.86. The number of likely N-dealkylation sites (tertiary alicyclic amines) is 1. The van der Waals surface area contributed by atoms with Crippen molar-refractivity contribution in [1.82, 2.24) is 15.1 Å². The fraction of sp³-hybridized carbons (Fsp3) is 0.667. The number of nitrogens with one attached hydrogen (secondary N) is 1. The van der Waals surface area contributed by atoms with Gasteiger partial charge in [0.25, 0.3) is 0 Å². The fourth-order valence-corrected chi connectivity index (χ4v) is 3.24. The second kappa shape index (κ2) is 6.91. The fourth-order valence-electron chi connectivity index (χ4n) is 3.24. The van der Waals surface area contributed by atoms with Gasteiger partial charge in [0.15, 0.2) is 0 Å². The SMILES string of the molecule is CN(C)C1CCN(Cc2cccc(CNC3CC3)c2)CC1. The molecule has 0 spiro atoms. The van der Waals surface area contributed by atoms with E-state index >= 15 is 0 Å². The second-order valence-electron chi connectivity index (χ2n) is 6.95. The lowest BCUT2D eigenvalue weighted by Gasteiger charge is -2.35. The highest BCUT2D eigenvalue weighted by Crippen LogP contribution is 2.20. The number of rotatable bonds is 6. The molecule has 3 rings (SSSR count). The third kappa shape index (κ3) is 4.53. The van der Waals surface area contributed by atoms with Crippen LogP contribution in [0.2, 0.25) is 0 Å². The van der Waals surface area contributed by atoms with Crippen LogP contribution in [0.15, 0.2) is 24.3 Å². The van der Waals surface area contributed by atoms with Gasteiger partial charge in [-0.1, -0.05) is 24.3 Å². The predicted octanol–water partition coefficient (Wildman–Crippen LogP) is 2.46. The Labute approximate surface area is 129 Å². The molecule has 3 heteroatoms. The molecule has 0 unspecified atom stereocenters. The smallest absolute Gasteiger partial charge is 0.0233 e. The van der Waals surface area contributed by atoms with Gasteiger partial charge in [-0.2, -0.15) is 0 Å². The van der Waals surface area contributed by atoms with E-state index in [1.54, 1.807) is 0 Å². The summed E-state index contributed by atoms with van der Waals surface area (Å²) in [6.45, 7) is 4.60. The molecule has 1 aliphatic carbocycles.